The number of benzene rings is 2. The van der Waals surface area contributed by atoms with Gasteiger partial charge in [0.05, 0.1) is 10.0 Å². The van der Waals surface area contributed by atoms with Gasteiger partial charge in [0.15, 0.2) is 6.61 Å². The van der Waals surface area contributed by atoms with Gasteiger partial charge in [-0.05, 0) is 42.5 Å². The van der Waals surface area contributed by atoms with Gasteiger partial charge in [-0.15, -0.1) is 0 Å². The zero-order chi connectivity index (χ0) is 15.2. The summed E-state index contributed by atoms with van der Waals surface area (Å²) in [6.07, 6.45) is 0. The predicted octanol–water partition coefficient (Wildman–Crippen LogP) is 4.15. The fourth-order valence-electron chi connectivity index (χ4n) is 1.59. The molecule has 1 N–H and O–H groups in total. The highest BCUT2D eigenvalue weighted by atomic mass is 35.5. The molecule has 0 saturated carbocycles. The summed E-state index contributed by atoms with van der Waals surface area (Å²) in [5, 5.41) is 11.9. The topological polar surface area (TPSA) is 62.1 Å². The number of ether oxygens (including phenoxy) is 1. The average molecular weight is 321 g/mol. The minimum atomic E-state index is -0.292. The second kappa shape index (κ2) is 6.98. The van der Waals surface area contributed by atoms with E-state index in [-0.39, 0.29) is 12.5 Å². The van der Waals surface area contributed by atoms with Crippen LogP contribution in [0.15, 0.2) is 42.5 Å². The summed E-state index contributed by atoms with van der Waals surface area (Å²) in [4.78, 5) is 12.0. The SMILES string of the molecule is N#CCOc1ccc(NC(=O)c2ccc(Cl)c(Cl)c2)cc1. The quantitative estimate of drug-likeness (QED) is 0.920. The number of hydrogen-bond donors (Lipinski definition) is 1. The summed E-state index contributed by atoms with van der Waals surface area (Å²) in [5.41, 5.74) is 1.02. The molecule has 4 nitrogen and oxygen atoms in total. The number of carbonyl (C=O) groups is 1. The molecule has 0 unspecified atom stereocenters. The zero-order valence-corrected chi connectivity index (χ0v) is 12.3. The monoisotopic (exact) mass is 320 g/mol. The van der Waals surface area contributed by atoms with Crippen LogP contribution in [0.1, 0.15) is 10.4 Å². The van der Waals surface area contributed by atoms with Crippen LogP contribution in [-0.2, 0) is 0 Å². The number of amides is 1. The Balaban J connectivity index is 2.05. The Kier molecular flexibility index (Phi) is 5.04. The van der Waals surface area contributed by atoms with Crippen molar-refractivity contribution in [3.05, 3.63) is 58.1 Å². The van der Waals surface area contributed by atoms with Crippen LogP contribution in [0, 0.1) is 11.3 Å². The number of rotatable bonds is 4. The first-order valence-electron chi connectivity index (χ1n) is 5.96. The van der Waals surface area contributed by atoms with E-state index in [1.54, 1.807) is 36.4 Å². The molecule has 0 fully saturated rings. The highest BCUT2D eigenvalue weighted by Crippen LogP contribution is 2.23. The summed E-state index contributed by atoms with van der Waals surface area (Å²) >= 11 is 11.7. The van der Waals surface area contributed by atoms with E-state index < -0.39 is 0 Å². The number of carbonyl (C=O) groups excluding carboxylic acids is 1. The molecule has 2 aromatic carbocycles. The Labute approximate surface area is 131 Å². The van der Waals surface area contributed by atoms with Crippen molar-refractivity contribution in [3.8, 4) is 11.8 Å². The summed E-state index contributed by atoms with van der Waals surface area (Å²) in [6.45, 7) is -0.0189. The number of nitrogens with zero attached hydrogens (tertiary/aromatic N) is 1. The van der Waals surface area contributed by atoms with Crippen molar-refractivity contribution >= 4 is 34.8 Å². The van der Waals surface area contributed by atoms with Gasteiger partial charge in [0.25, 0.3) is 5.91 Å². The Morgan fingerprint density at radius 1 is 1.14 bits per heavy atom. The highest BCUT2D eigenvalue weighted by Gasteiger charge is 2.08. The predicted molar refractivity (Wildman–Crippen MR) is 82.0 cm³/mol. The summed E-state index contributed by atoms with van der Waals surface area (Å²) in [7, 11) is 0. The molecular weight excluding hydrogens is 311 g/mol. The van der Waals surface area contributed by atoms with Crippen LogP contribution in [0.2, 0.25) is 10.0 Å². The summed E-state index contributed by atoms with van der Waals surface area (Å²) in [5.74, 6) is 0.267. The molecule has 2 aromatic rings. The Hall–Kier alpha value is -2.22. The van der Waals surface area contributed by atoms with Crippen LogP contribution >= 0.6 is 23.2 Å². The molecule has 0 atom stereocenters. The minimum absolute atomic E-state index is 0.0189. The Morgan fingerprint density at radius 2 is 1.86 bits per heavy atom. The molecule has 0 aliphatic rings. The zero-order valence-electron chi connectivity index (χ0n) is 10.8. The van der Waals surface area contributed by atoms with Crippen LogP contribution in [0.25, 0.3) is 0 Å². The molecule has 6 heteroatoms. The molecule has 0 radical (unpaired) electrons. The van der Waals surface area contributed by atoms with Gasteiger partial charge in [0, 0.05) is 11.3 Å². The van der Waals surface area contributed by atoms with E-state index in [1.165, 1.54) is 6.07 Å². The van der Waals surface area contributed by atoms with Gasteiger partial charge in [0.1, 0.15) is 11.8 Å². The standard InChI is InChI=1S/C15H10Cl2N2O2/c16-13-6-1-10(9-14(13)17)15(20)19-11-2-4-12(5-3-11)21-8-7-18/h1-6,9H,8H2,(H,19,20). The fourth-order valence-corrected chi connectivity index (χ4v) is 1.89. The van der Waals surface area contributed by atoms with Gasteiger partial charge < -0.3 is 10.1 Å². The van der Waals surface area contributed by atoms with Crippen molar-refractivity contribution in [1.29, 1.82) is 5.26 Å². The summed E-state index contributed by atoms with van der Waals surface area (Å²) < 4.78 is 5.12. The molecule has 0 saturated heterocycles. The van der Waals surface area contributed by atoms with E-state index in [9.17, 15) is 4.79 Å². The van der Waals surface area contributed by atoms with Crippen molar-refractivity contribution < 1.29 is 9.53 Å². The van der Waals surface area contributed by atoms with E-state index in [2.05, 4.69) is 5.32 Å². The van der Waals surface area contributed by atoms with E-state index in [0.29, 0.717) is 27.0 Å². The van der Waals surface area contributed by atoms with E-state index >= 15 is 0 Å². The van der Waals surface area contributed by atoms with Gasteiger partial charge in [0.2, 0.25) is 0 Å². The molecule has 0 aliphatic heterocycles. The Morgan fingerprint density at radius 3 is 2.48 bits per heavy atom. The molecule has 0 aliphatic carbocycles. The molecule has 1 amide bonds. The van der Waals surface area contributed by atoms with Gasteiger partial charge in [-0.3, -0.25) is 4.79 Å². The smallest absolute Gasteiger partial charge is 0.255 e. The molecule has 0 aromatic heterocycles. The summed E-state index contributed by atoms with van der Waals surface area (Å²) in [6, 6.07) is 13.2. The number of nitrogens with one attached hydrogen (secondary N) is 1. The lowest BCUT2D eigenvalue weighted by atomic mass is 10.2. The van der Waals surface area contributed by atoms with Gasteiger partial charge in [-0.2, -0.15) is 5.26 Å². The second-order valence-corrected chi connectivity index (χ2v) is 4.87. The lowest BCUT2D eigenvalue weighted by molar-refractivity contribution is 0.102. The third-order valence-corrected chi connectivity index (χ3v) is 3.34. The van der Waals surface area contributed by atoms with Crippen LogP contribution in [0.4, 0.5) is 5.69 Å². The maximum atomic E-state index is 12.0. The number of anilines is 1. The van der Waals surface area contributed by atoms with E-state index in [4.69, 9.17) is 33.2 Å². The van der Waals surface area contributed by atoms with Crippen molar-refractivity contribution in [2.24, 2.45) is 0 Å². The largest absolute Gasteiger partial charge is 0.479 e. The van der Waals surface area contributed by atoms with Crippen LogP contribution in [0.3, 0.4) is 0 Å². The number of nitriles is 1. The highest BCUT2D eigenvalue weighted by molar-refractivity contribution is 6.42. The van der Waals surface area contributed by atoms with Gasteiger partial charge in [-0.25, -0.2) is 0 Å². The van der Waals surface area contributed by atoms with Crippen molar-refractivity contribution in [2.75, 3.05) is 11.9 Å². The average Bonchev–Trinajstić information content (AvgIpc) is 2.49. The molecule has 2 rings (SSSR count). The van der Waals surface area contributed by atoms with Crippen LogP contribution in [0.5, 0.6) is 5.75 Å². The van der Waals surface area contributed by atoms with Crippen molar-refractivity contribution in [3.63, 3.8) is 0 Å². The third-order valence-electron chi connectivity index (χ3n) is 2.60. The molecule has 0 spiro atoms. The lowest BCUT2D eigenvalue weighted by Gasteiger charge is -2.07. The number of hydrogen-bond acceptors (Lipinski definition) is 3. The van der Waals surface area contributed by atoms with Gasteiger partial charge >= 0.3 is 0 Å². The second-order valence-electron chi connectivity index (χ2n) is 4.05. The van der Waals surface area contributed by atoms with Crippen molar-refractivity contribution in [1.82, 2.24) is 0 Å². The van der Waals surface area contributed by atoms with E-state index in [0.717, 1.165) is 0 Å². The van der Waals surface area contributed by atoms with E-state index in [1.807, 2.05) is 6.07 Å². The molecule has 0 bridgehead atoms. The fraction of sp³-hybridized carbons (Fsp3) is 0.0667. The molecule has 0 heterocycles. The lowest BCUT2D eigenvalue weighted by Crippen LogP contribution is -2.11. The maximum Gasteiger partial charge on any atom is 0.255 e. The Bertz CT molecular complexity index is 694. The minimum Gasteiger partial charge on any atom is -0.479 e. The van der Waals surface area contributed by atoms with Crippen molar-refractivity contribution in [2.45, 2.75) is 0 Å². The maximum absolute atomic E-state index is 12.0. The first kappa shape index (κ1) is 15.2. The molecule has 21 heavy (non-hydrogen) atoms. The first-order chi connectivity index (χ1) is 10.1. The third kappa shape index (κ3) is 4.12. The van der Waals surface area contributed by atoms with Crippen LogP contribution < -0.4 is 10.1 Å². The van der Waals surface area contributed by atoms with Crippen LogP contribution in [-0.4, -0.2) is 12.5 Å². The molecular formula is C15H10Cl2N2O2. The molecule has 106 valence electrons. The van der Waals surface area contributed by atoms with Gasteiger partial charge in [-0.1, -0.05) is 23.2 Å². The normalized spacial score (nSPS) is 9.76. The number of halogens is 2. The first-order valence-corrected chi connectivity index (χ1v) is 6.72.